The molecule has 4 saturated carbocycles. The molecule has 7 nitrogen and oxygen atoms in total. The highest BCUT2D eigenvalue weighted by molar-refractivity contribution is 7.12. The normalized spacial score (nSPS) is 31.8. The summed E-state index contributed by atoms with van der Waals surface area (Å²) in [7, 11) is 3.17. The molecule has 37 heavy (non-hydrogen) atoms. The van der Waals surface area contributed by atoms with Gasteiger partial charge in [0.1, 0.15) is 0 Å². The Kier molecular flexibility index (Phi) is 6.23. The summed E-state index contributed by atoms with van der Waals surface area (Å²) in [5.74, 6) is 1.54. The third kappa shape index (κ3) is 4.42. The second-order valence-electron chi connectivity index (χ2n) is 11.1. The van der Waals surface area contributed by atoms with Crippen LogP contribution < -0.4 is 9.47 Å². The Morgan fingerprint density at radius 2 is 1.86 bits per heavy atom. The third-order valence-electron chi connectivity index (χ3n) is 8.51. The lowest BCUT2D eigenvalue weighted by molar-refractivity contribution is -0.173. The summed E-state index contributed by atoms with van der Waals surface area (Å²) in [6, 6.07) is 9.25. The Morgan fingerprint density at radius 3 is 2.51 bits per heavy atom. The smallest absolute Gasteiger partial charge is 0.312 e. The number of thiophene rings is 1. The highest BCUT2D eigenvalue weighted by Gasteiger charge is 2.61. The van der Waals surface area contributed by atoms with Crippen LogP contribution in [0.3, 0.4) is 0 Å². The summed E-state index contributed by atoms with van der Waals surface area (Å²) in [5, 5.41) is 8.15. The zero-order valence-electron chi connectivity index (χ0n) is 21.1. The Balaban J connectivity index is 1.21. The number of carbonyl (C=O) groups excluding carboxylic acids is 2. The molecule has 1 amide bonds. The van der Waals surface area contributed by atoms with Gasteiger partial charge in [-0.3, -0.25) is 9.59 Å². The van der Waals surface area contributed by atoms with Crippen molar-refractivity contribution in [3.05, 3.63) is 46.2 Å². The van der Waals surface area contributed by atoms with Gasteiger partial charge in [0.15, 0.2) is 18.1 Å². The van der Waals surface area contributed by atoms with Crippen molar-refractivity contribution in [3.63, 3.8) is 0 Å². The molecule has 4 fully saturated rings. The molecule has 1 aromatic carbocycles. The number of hydrogen-bond donors (Lipinski definition) is 0. The SMILES string of the molecule is COc1ccc([C@H]2CC(c3cccs3)=NN2C(=O)COC(=O)C23C[C@@H]4C[C@H](CC(Cl)(C4)C2)C3)cc1OC. The van der Waals surface area contributed by atoms with Crippen LogP contribution in [0.5, 0.6) is 11.5 Å². The maximum atomic E-state index is 13.5. The number of methoxy groups -OCH3 is 2. The molecule has 1 aromatic heterocycles. The van der Waals surface area contributed by atoms with Crippen molar-refractivity contribution in [2.45, 2.75) is 55.9 Å². The Hall–Kier alpha value is -2.58. The molecule has 0 spiro atoms. The number of benzene rings is 1. The minimum Gasteiger partial charge on any atom is -0.493 e. The maximum Gasteiger partial charge on any atom is 0.312 e. The molecule has 3 atom stereocenters. The molecular formula is C28H31ClN2O5S. The molecule has 1 aliphatic heterocycles. The quantitative estimate of drug-likeness (QED) is 0.338. The van der Waals surface area contributed by atoms with E-state index in [1.807, 2.05) is 35.7 Å². The number of esters is 1. The number of hydrogen-bond acceptors (Lipinski definition) is 7. The summed E-state index contributed by atoms with van der Waals surface area (Å²) >= 11 is 8.49. The van der Waals surface area contributed by atoms with Gasteiger partial charge < -0.3 is 14.2 Å². The van der Waals surface area contributed by atoms with E-state index in [1.54, 1.807) is 25.6 Å². The number of amides is 1. The van der Waals surface area contributed by atoms with Crippen LogP contribution in [0, 0.1) is 17.3 Å². The molecule has 9 heteroatoms. The van der Waals surface area contributed by atoms with Gasteiger partial charge in [-0.15, -0.1) is 22.9 Å². The number of nitrogens with zero attached hydrogens (tertiary/aromatic N) is 2. The molecule has 4 aliphatic carbocycles. The van der Waals surface area contributed by atoms with Crippen molar-refractivity contribution in [2.75, 3.05) is 20.8 Å². The number of rotatable bonds is 7. The predicted octanol–water partition coefficient (Wildman–Crippen LogP) is 5.56. The molecular weight excluding hydrogens is 512 g/mol. The summed E-state index contributed by atoms with van der Waals surface area (Å²) in [6.45, 7) is -0.337. The van der Waals surface area contributed by atoms with Gasteiger partial charge in [-0.05, 0) is 79.5 Å². The van der Waals surface area contributed by atoms with Crippen molar-refractivity contribution in [1.82, 2.24) is 5.01 Å². The third-order valence-corrected chi connectivity index (χ3v) is 9.87. The predicted molar refractivity (Wildman–Crippen MR) is 141 cm³/mol. The zero-order valence-corrected chi connectivity index (χ0v) is 22.6. The molecule has 0 saturated heterocycles. The molecule has 196 valence electrons. The number of carbonyl (C=O) groups is 2. The Labute approximate surface area is 225 Å². The molecule has 2 heterocycles. The summed E-state index contributed by atoms with van der Waals surface area (Å²) < 4.78 is 16.6. The summed E-state index contributed by atoms with van der Waals surface area (Å²) in [4.78, 5) is 27.6. The van der Waals surface area contributed by atoms with Crippen LogP contribution in [-0.4, -0.2) is 48.3 Å². The summed E-state index contributed by atoms with van der Waals surface area (Å²) in [5.41, 5.74) is 1.16. The van der Waals surface area contributed by atoms with E-state index in [2.05, 4.69) is 0 Å². The first-order chi connectivity index (χ1) is 17.8. The van der Waals surface area contributed by atoms with E-state index in [0.29, 0.717) is 36.2 Å². The van der Waals surface area contributed by atoms with Crippen LogP contribution >= 0.6 is 22.9 Å². The lowest BCUT2D eigenvalue weighted by Crippen LogP contribution is -2.56. The lowest BCUT2D eigenvalue weighted by atomic mass is 9.49. The number of alkyl halides is 1. The molecule has 0 unspecified atom stereocenters. The average Bonchev–Trinajstić information content (AvgIpc) is 3.55. The van der Waals surface area contributed by atoms with Gasteiger partial charge >= 0.3 is 5.97 Å². The minimum absolute atomic E-state index is 0.274. The Morgan fingerprint density at radius 1 is 1.11 bits per heavy atom. The fourth-order valence-electron chi connectivity index (χ4n) is 7.39. The first-order valence-corrected chi connectivity index (χ1v) is 14.1. The van der Waals surface area contributed by atoms with Gasteiger partial charge in [0, 0.05) is 11.3 Å². The van der Waals surface area contributed by atoms with E-state index in [-0.39, 0.29) is 29.4 Å². The van der Waals surface area contributed by atoms with Crippen molar-refractivity contribution < 1.29 is 23.8 Å². The monoisotopic (exact) mass is 542 g/mol. The first kappa shape index (κ1) is 24.7. The van der Waals surface area contributed by atoms with E-state index in [0.717, 1.165) is 48.3 Å². The van der Waals surface area contributed by atoms with E-state index < -0.39 is 5.41 Å². The highest BCUT2D eigenvalue weighted by atomic mass is 35.5. The van der Waals surface area contributed by atoms with Crippen LogP contribution in [0.2, 0.25) is 0 Å². The van der Waals surface area contributed by atoms with Crippen molar-refractivity contribution in [1.29, 1.82) is 0 Å². The van der Waals surface area contributed by atoms with Gasteiger partial charge in [-0.2, -0.15) is 5.10 Å². The van der Waals surface area contributed by atoms with E-state index >= 15 is 0 Å². The topological polar surface area (TPSA) is 77.4 Å². The molecule has 4 bridgehead atoms. The van der Waals surface area contributed by atoms with Crippen LogP contribution in [0.25, 0.3) is 0 Å². The van der Waals surface area contributed by atoms with Crippen molar-refractivity contribution in [2.24, 2.45) is 22.4 Å². The largest absolute Gasteiger partial charge is 0.493 e. The lowest BCUT2D eigenvalue weighted by Gasteiger charge is -2.58. The van der Waals surface area contributed by atoms with Gasteiger partial charge in [0.25, 0.3) is 5.91 Å². The highest BCUT2D eigenvalue weighted by Crippen LogP contribution is 2.64. The van der Waals surface area contributed by atoms with E-state index in [1.165, 1.54) is 5.01 Å². The van der Waals surface area contributed by atoms with Crippen LogP contribution in [0.15, 0.2) is 40.8 Å². The number of hydrazone groups is 1. The standard InChI is InChI=1S/C28H31ClN2O5S/c1-34-22-6-5-19(9-23(22)35-2)21-10-20(24-4-3-7-37-24)30-31(21)25(32)15-36-26(33)27-11-17-8-18(12-27)14-28(29,13-17)16-27/h3-7,9,17-18,21H,8,10-16H2,1-2H3/t17-,18-,21+,27?,28?/m0/s1. The summed E-state index contributed by atoms with van der Waals surface area (Å²) in [6.07, 6.45) is 5.98. The van der Waals surface area contributed by atoms with Crippen molar-refractivity contribution >= 4 is 40.5 Å². The second-order valence-corrected chi connectivity index (χ2v) is 12.8. The van der Waals surface area contributed by atoms with Crippen LogP contribution in [0.1, 0.15) is 61.4 Å². The average molecular weight is 543 g/mol. The molecule has 0 N–H and O–H groups in total. The maximum absolute atomic E-state index is 13.5. The van der Waals surface area contributed by atoms with E-state index in [9.17, 15) is 9.59 Å². The van der Waals surface area contributed by atoms with Gasteiger partial charge in [-0.25, -0.2) is 5.01 Å². The molecule has 0 radical (unpaired) electrons. The molecule has 5 aliphatic rings. The minimum atomic E-state index is -0.550. The van der Waals surface area contributed by atoms with Crippen molar-refractivity contribution in [3.8, 4) is 11.5 Å². The fourth-order valence-corrected chi connectivity index (χ4v) is 8.80. The van der Waals surface area contributed by atoms with Gasteiger partial charge in [-0.1, -0.05) is 12.1 Å². The first-order valence-electron chi connectivity index (χ1n) is 12.8. The van der Waals surface area contributed by atoms with E-state index in [4.69, 9.17) is 30.9 Å². The van der Waals surface area contributed by atoms with Gasteiger partial charge in [0.05, 0.1) is 36.3 Å². The van der Waals surface area contributed by atoms with Crippen LogP contribution in [-0.2, 0) is 14.3 Å². The fraction of sp³-hybridized carbons (Fsp3) is 0.536. The van der Waals surface area contributed by atoms with Gasteiger partial charge in [0.2, 0.25) is 0 Å². The second kappa shape index (κ2) is 9.31. The molecule has 2 aromatic rings. The zero-order chi connectivity index (χ0) is 25.8. The molecule has 7 rings (SSSR count). The number of halogens is 1. The number of ether oxygens (including phenoxy) is 3. The van der Waals surface area contributed by atoms with Crippen LogP contribution in [0.4, 0.5) is 0 Å². The Bertz CT molecular complexity index is 1230.